The highest BCUT2D eigenvalue weighted by atomic mass is 17.2. The van der Waals surface area contributed by atoms with Gasteiger partial charge in [-0.2, -0.15) is 0 Å². The van der Waals surface area contributed by atoms with Crippen LogP contribution in [0.3, 0.4) is 0 Å². The van der Waals surface area contributed by atoms with E-state index in [1.54, 1.807) is 6.92 Å². The second-order valence-electron chi connectivity index (χ2n) is 7.45. The number of rotatable bonds is 12. The van der Waals surface area contributed by atoms with Crippen LogP contribution < -0.4 is 5.11 Å². The zero-order valence-corrected chi connectivity index (χ0v) is 15.5. The standard InChI is InChI=1S/C20H32O6/c1-14(21)7-6-8-15(22)11-12-17-16(18-13-19(17)26-25-18)9-4-2-3-5-10-20(23)24/h2,4,11-12,14-19,21-22H,3,5-10,13H2,1H3,(H,23,24)/p-1/b4-2-,12-11+/t14?,15-,16+,17+,18-,19+/m0/s1. The highest BCUT2D eigenvalue weighted by molar-refractivity contribution is 5.64. The topological polar surface area (TPSA) is 99.1 Å². The van der Waals surface area contributed by atoms with Crippen molar-refractivity contribution in [3.05, 3.63) is 24.3 Å². The minimum Gasteiger partial charge on any atom is -0.550 e. The van der Waals surface area contributed by atoms with E-state index in [-0.39, 0.29) is 30.7 Å². The first kappa shape index (κ1) is 21.1. The van der Waals surface area contributed by atoms with Crippen LogP contribution in [0.4, 0.5) is 0 Å². The first-order valence-corrected chi connectivity index (χ1v) is 9.68. The van der Waals surface area contributed by atoms with Crippen molar-refractivity contribution in [2.24, 2.45) is 11.8 Å². The summed E-state index contributed by atoms with van der Waals surface area (Å²) in [6.45, 7) is 1.76. The van der Waals surface area contributed by atoms with E-state index in [4.69, 9.17) is 9.78 Å². The molecule has 0 radical (unpaired) electrons. The van der Waals surface area contributed by atoms with Gasteiger partial charge < -0.3 is 20.1 Å². The summed E-state index contributed by atoms with van der Waals surface area (Å²) >= 11 is 0. The molecule has 6 nitrogen and oxygen atoms in total. The van der Waals surface area contributed by atoms with Crippen LogP contribution in [0.15, 0.2) is 24.3 Å². The molecular weight excluding hydrogens is 336 g/mol. The molecule has 1 aliphatic carbocycles. The fourth-order valence-electron chi connectivity index (χ4n) is 3.73. The molecule has 148 valence electrons. The number of hydrogen-bond acceptors (Lipinski definition) is 6. The van der Waals surface area contributed by atoms with E-state index in [0.29, 0.717) is 25.2 Å². The lowest BCUT2D eigenvalue weighted by molar-refractivity contribution is -0.336. The molecule has 2 bridgehead atoms. The third-order valence-electron chi connectivity index (χ3n) is 5.17. The van der Waals surface area contributed by atoms with Gasteiger partial charge in [-0.15, -0.1) is 0 Å². The fraction of sp³-hybridized carbons (Fsp3) is 0.750. The van der Waals surface area contributed by atoms with Gasteiger partial charge in [0.05, 0.1) is 18.3 Å². The van der Waals surface area contributed by atoms with Crippen molar-refractivity contribution in [1.29, 1.82) is 0 Å². The molecule has 2 aliphatic rings. The van der Waals surface area contributed by atoms with E-state index in [1.165, 1.54) is 0 Å². The Kier molecular flexibility index (Phi) is 8.78. The molecule has 2 N–H and O–H groups in total. The Morgan fingerprint density at radius 2 is 1.96 bits per heavy atom. The predicted octanol–water partition coefficient (Wildman–Crippen LogP) is 1.66. The summed E-state index contributed by atoms with van der Waals surface area (Å²) in [4.78, 5) is 21.1. The Morgan fingerprint density at radius 1 is 1.19 bits per heavy atom. The number of aliphatic carboxylic acids is 1. The molecular formula is C20H31O6-. The molecule has 1 aliphatic heterocycles. The largest absolute Gasteiger partial charge is 0.550 e. The van der Waals surface area contributed by atoms with Crippen LogP contribution in [0.2, 0.25) is 0 Å². The van der Waals surface area contributed by atoms with Gasteiger partial charge in [0.1, 0.15) is 6.10 Å². The van der Waals surface area contributed by atoms with E-state index in [2.05, 4.69) is 12.2 Å². The number of hydrogen-bond donors (Lipinski definition) is 2. The molecule has 0 aromatic carbocycles. The van der Waals surface area contributed by atoms with Gasteiger partial charge in [0.15, 0.2) is 0 Å². The first-order chi connectivity index (χ1) is 12.5. The lowest BCUT2D eigenvalue weighted by Gasteiger charge is -2.27. The molecule has 1 saturated heterocycles. The Labute approximate surface area is 155 Å². The van der Waals surface area contributed by atoms with Crippen molar-refractivity contribution < 1.29 is 29.9 Å². The minimum absolute atomic E-state index is 0.0393. The molecule has 1 heterocycles. The van der Waals surface area contributed by atoms with Gasteiger partial charge in [-0.05, 0) is 51.9 Å². The normalized spacial score (nSPS) is 30.4. The molecule has 0 amide bonds. The van der Waals surface area contributed by atoms with E-state index in [0.717, 1.165) is 25.7 Å². The number of carboxylic acids is 1. The highest BCUT2D eigenvalue weighted by Crippen LogP contribution is 2.44. The predicted molar refractivity (Wildman–Crippen MR) is 94.6 cm³/mol. The Bertz CT molecular complexity index is 487. The summed E-state index contributed by atoms with van der Waals surface area (Å²) in [5.74, 6) is -0.477. The quantitative estimate of drug-likeness (QED) is 0.309. The first-order valence-electron chi connectivity index (χ1n) is 9.68. The number of carboxylic acid groups (broad SMARTS) is 1. The van der Waals surface area contributed by atoms with Crippen LogP contribution in [0.5, 0.6) is 0 Å². The fourth-order valence-corrected chi connectivity index (χ4v) is 3.73. The van der Waals surface area contributed by atoms with Crippen LogP contribution in [-0.2, 0) is 14.6 Å². The van der Waals surface area contributed by atoms with Crippen LogP contribution >= 0.6 is 0 Å². The number of fused-ring (bicyclic) bond motifs is 2. The van der Waals surface area contributed by atoms with E-state index in [1.807, 2.05) is 12.2 Å². The van der Waals surface area contributed by atoms with Gasteiger partial charge in [-0.3, -0.25) is 0 Å². The molecule has 0 spiro atoms. The summed E-state index contributed by atoms with van der Waals surface area (Å²) in [7, 11) is 0. The van der Waals surface area contributed by atoms with Gasteiger partial charge >= 0.3 is 0 Å². The second kappa shape index (κ2) is 10.8. The van der Waals surface area contributed by atoms with Gasteiger partial charge in [0.25, 0.3) is 0 Å². The maximum Gasteiger partial charge on any atom is 0.102 e. The summed E-state index contributed by atoms with van der Waals surface area (Å²) in [5, 5.41) is 29.7. The number of carbonyl (C=O) groups is 1. The Hall–Kier alpha value is -1.21. The molecule has 0 aromatic heterocycles. The molecule has 2 rings (SSSR count). The zero-order chi connectivity index (χ0) is 18.9. The number of allylic oxidation sites excluding steroid dienone is 2. The van der Waals surface area contributed by atoms with Crippen molar-refractivity contribution in [2.75, 3.05) is 0 Å². The van der Waals surface area contributed by atoms with E-state index < -0.39 is 12.1 Å². The zero-order valence-electron chi connectivity index (χ0n) is 15.5. The van der Waals surface area contributed by atoms with E-state index in [9.17, 15) is 20.1 Å². The van der Waals surface area contributed by atoms with Crippen molar-refractivity contribution in [2.45, 2.75) is 82.7 Å². The van der Waals surface area contributed by atoms with E-state index >= 15 is 0 Å². The van der Waals surface area contributed by atoms with Gasteiger partial charge in [0, 0.05) is 24.2 Å². The summed E-state index contributed by atoms with van der Waals surface area (Å²) in [6, 6.07) is 0. The maximum absolute atomic E-state index is 10.4. The van der Waals surface area contributed by atoms with Gasteiger partial charge in [-0.25, -0.2) is 9.78 Å². The molecule has 26 heavy (non-hydrogen) atoms. The van der Waals surface area contributed by atoms with Crippen molar-refractivity contribution >= 4 is 5.97 Å². The second-order valence-corrected chi connectivity index (χ2v) is 7.45. The minimum atomic E-state index is -1.01. The molecule has 1 unspecified atom stereocenters. The van der Waals surface area contributed by atoms with Crippen molar-refractivity contribution in [3.8, 4) is 0 Å². The monoisotopic (exact) mass is 367 g/mol. The van der Waals surface area contributed by atoms with Gasteiger partial charge in [0.2, 0.25) is 0 Å². The van der Waals surface area contributed by atoms with Crippen LogP contribution in [0, 0.1) is 11.8 Å². The molecule has 2 fully saturated rings. The smallest absolute Gasteiger partial charge is 0.102 e. The SMILES string of the molecule is CC(O)CCC[C@H](O)/C=C/[C@@H]1[C@@H](C/C=C\CCCC(=O)[O-])[C@@H]2C[C@H]1OO2. The van der Waals surface area contributed by atoms with Crippen LogP contribution in [-0.4, -0.2) is 40.6 Å². The average Bonchev–Trinajstić information content (AvgIpc) is 3.17. The Balaban J connectivity index is 1.77. The third kappa shape index (κ3) is 6.83. The molecule has 6 heteroatoms. The maximum atomic E-state index is 10.4. The summed E-state index contributed by atoms with van der Waals surface area (Å²) < 4.78 is 0. The average molecular weight is 367 g/mol. The lowest BCUT2D eigenvalue weighted by Crippen LogP contribution is -2.28. The molecule has 6 atom stereocenters. The Morgan fingerprint density at radius 3 is 2.69 bits per heavy atom. The van der Waals surface area contributed by atoms with Crippen molar-refractivity contribution in [1.82, 2.24) is 0 Å². The summed E-state index contributed by atoms with van der Waals surface area (Å²) in [6.07, 6.45) is 12.5. The van der Waals surface area contributed by atoms with Crippen LogP contribution in [0.25, 0.3) is 0 Å². The van der Waals surface area contributed by atoms with Crippen molar-refractivity contribution in [3.63, 3.8) is 0 Å². The number of carbonyl (C=O) groups excluding carboxylic acids is 1. The number of aliphatic hydroxyl groups is 2. The summed E-state index contributed by atoms with van der Waals surface area (Å²) in [5.41, 5.74) is 0. The third-order valence-corrected chi connectivity index (χ3v) is 5.17. The number of unbranched alkanes of at least 4 members (excludes halogenated alkanes) is 1. The lowest BCUT2D eigenvalue weighted by atomic mass is 9.89. The molecule has 0 aromatic rings. The van der Waals surface area contributed by atoms with Crippen LogP contribution in [0.1, 0.15) is 58.3 Å². The molecule has 1 saturated carbocycles. The van der Waals surface area contributed by atoms with Gasteiger partial charge in [-0.1, -0.05) is 24.3 Å². The highest BCUT2D eigenvalue weighted by Gasteiger charge is 2.49. The number of aliphatic hydroxyl groups excluding tert-OH is 2.